The molecule has 108 valence electrons. The average Bonchev–Trinajstić information content (AvgIpc) is 2.77. The van der Waals surface area contributed by atoms with E-state index < -0.39 is 9.84 Å². The number of hydrogen-bond acceptors (Lipinski definition) is 5. The molecule has 1 aromatic carbocycles. The molecule has 6 heteroatoms. The second-order valence-corrected chi connectivity index (χ2v) is 6.74. The van der Waals surface area contributed by atoms with Crippen molar-refractivity contribution in [1.29, 1.82) is 0 Å². The molecule has 2 rings (SSSR count). The fourth-order valence-electron chi connectivity index (χ4n) is 2.02. The van der Waals surface area contributed by atoms with Crippen LogP contribution in [0.15, 0.2) is 18.2 Å². The second kappa shape index (κ2) is 6.16. The first-order valence-corrected chi connectivity index (χ1v) is 8.10. The van der Waals surface area contributed by atoms with E-state index in [1.807, 2.05) is 0 Å². The van der Waals surface area contributed by atoms with Crippen molar-refractivity contribution < 1.29 is 17.9 Å². The van der Waals surface area contributed by atoms with Crippen LogP contribution in [0.3, 0.4) is 0 Å². The Kier molecular flexibility index (Phi) is 4.53. The number of nitrogens with two attached hydrogens (primary N) is 1. The normalized spacial score (nSPS) is 20.0. The predicted octanol–water partition coefficient (Wildman–Crippen LogP) is 0.571. The monoisotopic (exact) mass is 295 g/mol. The third-order valence-electron chi connectivity index (χ3n) is 3.00. The smallest absolute Gasteiger partial charge is 0.154 e. The Labute approximate surface area is 119 Å². The van der Waals surface area contributed by atoms with E-state index in [9.17, 15) is 8.42 Å². The van der Waals surface area contributed by atoms with Crippen molar-refractivity contribution in [3.05, 3.63) is 23.8 Å². The molecule has 0 saturated carbocycles. The van der Waals surface area contributed by atoms with Gasteiger partial charge in [-0.3, -0.25) is 0 Å². The molecule has 0 bridgehead atoms. The van der Waals surface area contributed by atoms with Crippen molar-refractivity contribution in [3.63, 3.8) is 0 Å². The van der Waals surface area contributed by atoms with Crippen LogP contribution >= 0.6 is 0 Å². The van der Waals surface area contributed by atoms with Gasteiger partial charge in [0.15, 0.2) is 9.84 Å². The third kappa shape index (κ3) is 3.65. The molecule has 1 fully saturated rings. The van der Waals surface area contributed by atoms with Gasteiger partial charge in [0, 0.05) is 0 Å². The van der Waals surface area contributed by atoms with Crippen molar-refractivity contribution in [2.75, 3.05) is 25.2 Å². The first-order chi connectivity index (χ1) is 9.54. The van der Waals surface area contributed by atoms with Gasteiger partial charge >= 0.3 is 0 Å². The van der Waals surface area contributed by atoms with Crippen LogP contribution in [0, 0.1) is 11.8 Å². The minimum Gasteiger partial charge on any atom is -0.497 e. The second-order valence-electron chi connectivity index (χ2n) is 4.51. The van der Waals surface area contributed by atoms with Gasteiger partial charge in [-0.1, -0.05) is 11.8 Å². The zero-order valence-electron chi connectivity index (χ0n) is 11.3. The van der Waals surface area contributed by atoms with E-state index in [0.717, 1.165) is 0 Å². The van der Waals surface area contributed by atoms with E-state index in [1.165, 1.54) is 0 Å². The first kappa shape index (κ1) is 14.7. The van der Waals surface area contributed by atoms with Gasteiger partial charge in [0.25, 0.3) is 0 Å². The standard InChI is InChI=1S/C14H17NO4S/c1-18-12-4-5-14(11(9-12)3-2-7-15)19-13-6-8-20(16,17)10-13/h4-5,9,13H,6-8,10,15H2,1H3. The molecule has 0 aromatic heterocycles. The Balaban J connectivity index is 2.22. The molecule has 1 heterocycles. The number of rotatable bonds is 3. The number of sulfone groups is 1. The Morgan fingerprint density at radius 1 is 1.45 bits per heavy atom. The minimum absolute atomic E-state index is 0.0583. The summed E-state index contributed by atoms with van der Waals surface area (Å²) in [5.41, 5.74) is 6.02. The summed E-state index contributed by atoms with van der Waals surface area (Å²) in [6, 6.07) is 5.25. The van der Waals surface area contributed by atoms with Gasteiger partial charge in [0.1, 0.15) is 17.6 Å². The van der Waals surface area contributed by atoms with Gasteiger partial charge in [-0.2, -0.15) is 0 Å². The summed E-state index contributed by atoms with van der Waals surface area (Å²) in [7, 11) is -1.39. The first-order valence-electron chi connectivity index (χ1n) is 6.28. The summed E-state index contributed by atoms with van der Waals surface area (Å²) in [5.74, 6) is 7.14. The van der Waals surface area contributed by atoms with Crippen LogP contribution in [0.5, 0.6) is 11.5 Å². The molecule has 2 N–H and O–H groups in total. The molecule has 0 radical (unpaired) electrons. The lowest BCUT2D eigenvalue weighted by Crippen LogP contribution is -2.18. The number of methoxy groups -OCH3 is 1. The zero-order chi connectivity index (χ0) is 14.6. The average molecular weight is 295 g/mol. The fourth-order valence-corrected chi connectivity index (χ4v) is 3.61. The van der Waals surface area contributed by atoms with E-state index >= 15 is 0 Å². The third-order valence-corrected chi connectivity index (χ3v) is 4.73. The molecule has 1 aromatic rings. The molecule has 0 spiro atoms. The van der Waals surface area contributed by atoms with Gasteiger partial charge in [-0.05, 0) is 24.6 Å². The Morgan fingerprint density at radius 2 is 2.25 bits per heavy atom. The van der Waals surface area contributed by atoms with E-state index in [4.69, 9.17) is 15.2 Å². The highest BCUT2D eigenvalue weighted by atomic mass is 32.2. The van der Waals surface area contributed by atoms with Gasteiger partial charge in [-0.15, -0.1) is 0 Å². The lowest BCUT2D eigenvalue weighted by Gasteiger charge is -2.14. The summed E-state index contributed by atoms with van der Waals surface area (Å²) in [4.78, 5) is 0. The Morgan fingerprint density at radius 3 is 2.85 bits per heavy atom. The molecular formula is C14H17NO4S. The summed E-state index contributed by atoms with van der Waals surface area (Å²) in [6.45, 7) is 0.245. The fraction of sp³-hybridized carbons (Fsp3) is 0.429. The summed E-state index contributed by atoms with van der Waals surface area (Å²) in [5, 5.41) is 0. The zero-order valence-corrected chi connectivity index (χ0v) is 12.1. The molecule has 20 heavy (non-hydrogen) atoms. The van der Waals surface area contributed by atoms with Gasteiger partial charge in [0.2, 0.25) is 0 Å². The number of benzene rings is 1. The Hall–Kier alpha value is -1.71. The molecule has 1 aliphatic rings. The van der Waals surface area contributed by atoms with Crippen molar-refractivity contribution in [2.24, 2.45) is 5.73 Å². The van der Waals surface area contributed by atoms with Gasteiger partial charge in [-0.25, -0.2) is 8.42 Å². The lowest BCUT2D eigenvalue weighted by atomic mass is 10.2. The predicted molar refractivity (Wildman–Crippen MR) is 76.6 cm³/mol. The largest absolute Gasteiger partial charge is 0.497 e. The summed E-state index contributed by atoms with van der Waals surface area (Å²) in [6.07, 6.45) is 0.199. The maximum absolute atomic E-state index is 11.4. The minimum atomic E-state index is -2.96. The van der Waals surface area contributed by atoms with Crippen LogP contribution in [0.25, 0.3) is 0 Å². The highest BCUT2D eigenvalue weighted by Crippen LogP contribution is 2.26. The molecule has 0 amide bonds. The lowest BCUT2D eigenvalue weighted by molar-refractivity contribution is 0.228. The van der Waals surface area contributed by atoms with E-state index in [2.05, 4.69) is 11.8 Å². The molecule has 5 nitrogen and oxygen atoms in total. The maximum atomic E-state index is 11.4. The van der Waals surface area contributed by atoms with Crippen LogP contribution in [0.4, 0.5) is 0 Å². The van der Waals surface area contributed by atoms with Crippen LogP contribution < -0.4 is 15.2 Å². The van der Waals surface area contributed by atoms with Crippen LogP contribution in [-0.2, 0) is 9.84 Å². The SMILES string of the molecule is COc1ccc(OC2CCS(=O)(=O)C2)c(C#CCN)c1. The number of ether oxygens (including phenoxy) is 2. The summed E-state index contributed by atoms with van der Waals surface area (Å²) >= 11 is 0. The van der Waals surface area contributed by atoms with Crippen molar-refractivity contribution in [1.82, 2.24) is 0 Å². The summed E-state index contributed by atoms with van der Waals surface area (Å²) < 4.78 is 33.8. The van der Waals surface area contributed by atoms with Crippen LogP contribution in [0.1, 0.15) is 12.0 Å². The van der Waals surface area contributed by atoms with E-state index in [-0.39, 0.29) is 24.2 Å². The molecule has 1 unspecified atom stereocenters. The van der Waals surface area contributed by atoms with Gasteiger partial charge in [0.05, 0.1) is 30.7 Å². The highest BCUT2D eigenvalue weighted by Gasteiger charge is 2.29. The van der Waals surface area contributed by atoms with Crippen LogP contribution in [0.2, 0.25) is 0 Å². The van der Waals surface area contributed by atoms with Crippen molar-refractivity contribution >= 4 is 9.84 Å². The Bertz CT molecular complexity index is 643. The van der Waals surface area contributed by atoms with Gasteiger partial charge < -0.3 is 15.2 Å². The van der Waals surface area contributed by atoms with Crippen LogP contribution in [-0.4, -0.2) is 39.7 Å². The van der Waals surface area contributed by atoms with Crippen molar-refractivity contribution in [2.45, 2.75) is 12.5 Å². The maximum Gasteiger partial charge on any atom is 0.154 e. The topological polar surface area (TPSA) is 78.6 Å². The highest BCUT2D eigenvalue weighted by molar-refractivity contribution is 7.91. The van der Waals surface area contributed by atoms with E-state index in [0.29, 0.717) is 23.5 Å². The quantitative estimate of drug-likeness (QED) is 0.825. The molecule has 1 saturated heterocycles. The molecule has 0 aliphatic carbocycles. The molecule has 1 aliphatic heterocycles. The molecular weight excluding hydrogens is 278 g/mol. The number of hydrogen-bond donors (Lipinski definition) is 1. The molecule has 1 atom stereocenters. The van der Waals surface area contributed by atoms with Crippen molar-refractivity contribution in [3.8, 4) is 23.3 Å². The van der Waals surface area contributed by atoms with E-state index in [1.54, 1.807) is 25.3 Å².